The van der Waals surface area contributed by atoms with Crippen LogP contribution in [0.5, 0.6) is 5.75 Å². The van der Waals surface area contributed by atoms with Gasteiger partial charge in [0.2, 0.25) is 0 Å². The van der Waals surface area contributed by atoms with Crippen LogP contribution in [0.2, 0.25) is 0 Å². The Morgan fingerprint density at radius 3 is 2.38 bits per heavy atom. The van der Waals surface area contributed by atoms with Crippen molar-refractivity contribution in [2.45, 2.75) is 32.2 Å². The Bertz CT molecular complexity index is 1890. The lowest BCUT2D eigenvalue weighted by Gasteiger charge is -2.11. The van der Waals surface area contributed by atoms with Crippen LogP contribution in [-0.4, -0.2) is 45.8 Å². The molecule has 1 amide bonds. The summed E-state index contributed by atoms with van der Waals surface area (Å²) < 4.78 is 22.1. The van der Waals surface area contributed by atoms with Crippen molar-refractivity contribution >= 4 is 45.6 Å². The van der Waals surface area contributed by atoms with Crippen LogP contribution < -0.4 is 10.1 Å². The molecule has 0 saturated carbocycles. The first-order valence-corrected chi connectivity index (χ1v) is 14.8. The molecule has 4 aromatic carbocycles. The van der Waals surface area contributed by atoms with Gasteiger partial charge in [0.1, 0.15) is 17.3 Å². The first-order valence-electron chi connectivity index (χ1n) is 14.8. The number of carbonyl (C=O) groups is 3. The van der Waals surface area contributed by atoms with E-state index in [4.69, 9.17) is 4.74 Å². The molecule has 0 fully saturated rings. The molecular weight excluding hydrogens is 575 g/mol. The molecule has 1 heterocycles. The molecule has 0 aliphatic heterocycles. The predicted octanol–water partition coefficient (Wildman–Crippen LogP) is 7.41. The minimum Gasteiger partial charge on any atom is -0.493 e. The third-order valence-corrected chi connectivity index (χ3v) is 7.57. The standard InChI is InChI=1S/C36H33FN2O6/c37-25-18-19-31-30(23-25)27(14-3-1-2-8-20-38-34(40)28-15-6-7-16-29(28)35(41)42)33(36(43)44)39(31)21-10-22-45-32-17-9-12-24-11-4-5-13-26(24)32/h3-7,9,11-19,23H,1-2,8,10,20-22H2,(H,38,40)(H,41,42)(H,43,44)/b14-3+. The summed E-state index contributed by atoms with van der Waals surface area (Å²) in [5.74, 6) is -2.41. The molecule has 0 atom stereocenters. The quantitative estimate of drug-likeness (QED) is 0.113. The van der Waals surface area contributed by atoms with E-state index < -0.39 is 23.7 Å². The maximum atomic E-state index is 14.3. The van der Waals surface area contributed by atoms with Gasteiger partial charge in [-0.25, -0.2) is 14.0 Å². The fourth-order valence-electron chi connectivity index (χ4n) is 5.46. The van der Waals surface area contributed by atoms with E-state index in [1.165, 1.54) is 24.3 Å². The molecule has 9 heteroatoms. The van der Waals surface area contributed by atoms with E-state index in [1.807, 2.05) is 48.5 Å². The highest BCUT2D eigenvalue weighted by atomic mass is 19.1. The van der Waals surface area contributed by atoms with E-state index >= 15 is 0 Å². The molecule has 45 heavy (non-hydrogen) atoms. The average Bonchev–Trinajstić information content (AvgIpc) is 3.34. The van der Waals surface area contributed by atoms with E-state index in [0.29, 0.717) is 61.8 Å². The summed E-state index contributed by atoms with van der Waals surface area (Å²) >= 11 is 0. The molecule has 0 saturated heterocycles. The number of fused-ring (bicyclic) bond motifs is 2. The summed E-state index contributed by atoms with van der Waals surface area (Å²) in [6.45, 7) is 1.09. The fraction of sp³-hybridized carbons (Fsp3) is 0.194. The zero-order valence-corrected chi connectivity index (χ0v) is 24.5. The highest BCUT2D eigenvalue weighted by Gasteiger charge is 2.21. The first-order chi connectivity index (χ1) is 21.8. The van der Waals surface area contributed by atoms with E-state index in [9.17, 15) is 29.0 Å². The van der Waals surface area contributed by atoms with Gasteiger partial charge in [-0.15, -0.1) is 0 Å². The number of halogens is 1. The number of hydrogen-bond acceptors (Lipinski definition) is 4. The van der Waals surface area contributed by atoms with Crippen molar-refractivity contribution in [1.82, 2.24) is 9.88 Å². The Hall–Kier alpha value is -5.44. The molecule has 0 aliphatic rings. The second-order valence-electron chi connectivity index (χ2n) is 10.6. The number of aryl methyl sites for hydroxylation is 1. The van der Waals surface area contributed by atoms with E-state index in [1.54, 1.807) is 28.8 Å². The number of hydrogen-bond donors (Lipinski definition) is 3. The van der Waals surface area contributed by atoms with Crippen LogP contribution in [0.4, 0.5) is 4.39 Å². The monoisotopic (exact) mass is 608 g/mol. The number of ether oxygens (including phenoxy) is 1. The molecule has 5 rings (SSSR count). The maximum Gasteiger partial charge on any atom is 0.353 e. The molecule has 230 valence electrons. The number of carboxylic acid groups (broad SMARTS) is 2. The number of allylic oxidation sites excluding steroid dienone is 1. The summed E-state index contributed by atoms with van der Waals surface area (Å²) in [7, 11) is 0. The van der Waals surface area contributed by atoms with Crippen LogP contribution in [0.15, 0.2) is 91.0 Å². The minimum atomic E-state index is -1.16. The van der Waals surface area contributed by atoms with E-state index in [-0.39, 0.29) is 16.8 Å². The Kier molecular flexibility index (Phi) is 9.89. The molecule has 5 aromatic rings. The van der Waals surface area contributed by atoms with Crippen molar-refractivity contribution in [3.63, 3.8) is 0 Å². The molecule has 0 aliphatic carbocycles. The third kappa shape index (κ3) is 7.21. The Morgan fingerprint density at radius 2 is 1.58 bits per heavy atom. The van der Waals surface area contributed by atoms with Gasteiger partial charge in [0.25, 0.3) is 5.91 Å². The summed E-state index contributed by atoms with van der Waals surface area (Å²) in [6, 6.07) is 24.1. The molecule has 0 radical (unpaired) electrons. The summed E-state index contributed by atoms with van der Waals surface area (Å²) in [5.41, 5.74) is 1.20. The van der Waals surface area contributed by atoms with Gasteiger partial charge < -0.3 is 24.8 Å². The van der Waals surface area contributed by atoms with Gasteiger partial charge in [-0.1, -0.05) is 60.7 Å². The van der Waals surface area contributed by atoms with Crippen molar-refractivity contribution in [3.8, 4) is 5.75 Å². The second kappa shape index (κ2) is 14.4. The highest BCUT2D eigenvalue weighted by molar-refractivity contribution is 6.05. The van der Waals surface area contributed by atoms with Crippen LogP contribution in [0.1, 0.15) is 62.5 Å². The zero-order chi connectivity index (χ0) is 31.8. The number of carboxylic acids is 2. The van der Waals surface area contributed by atoms with Crippen molar-refractivity contribution in [3.05, 3.63) is 119 Å². The SMILES string of the molecule is O=C(O)c1ccccc1C(=O)NCCCC/C=C/c1c(C(=O)O)n(CCCOc2cccc3ccccc23)c2ccc(F)cc12. The Balaban J connectivity index is 1.22. The Labute approximate surface area is 259 Å². The maximum absolute atomic E-state index is 14.3. The van der Waals surface area contributed by atoms with Gasteiger partial charge in [0.15, 0.2) is 0 Å². The number of aromatic nitrogens is 1. The largest absolute Gasteiger partial charge is 0.493 e. The van der Waals surface area contributed by atoms with Gasteiger partial charge >= 0.3 is 11.9 Å². The normalized spacial score (nSPS) is 11.3. The molecule has 0 spiro atoms. The van der Waals surface area contributed by atoms with Crippen molar-refractivity contribution in [2.24, 2.45) is 0 Å². The van der Waals surface area contributed by atoms with E-state index in [2.05, 4.69) is 5.32 Å². The number of unbranched alkanes of at least 4 members (excludes halogenated alkanes) is 2. The van der Waals surface area contributed by atoms with Crippen LogP contribution in [0.3, 0.4) is 0 Å². The van der Waals surface area contributed by atoms with Crippen molar-refractivity contribution in [1.29, 1.82) is 0 Å². The summed E-state index contributed by atoms with van der Waals surface area (Å²) in [4.78, 5) is 36.3. The van der Waals surface area contributed by atoms with Crippen molar-refractivity contribution < 1.29 is 33.7 Å². The lowest BCUT2D eigenvalue weighted by molar-refractivity contribution is 0.0678. The fourth-order valence-corrected chi connectivity index (χ4v) is 5.46. The molecule has 3 N–H and O–H groups in total. The summed E-state index contributed by atoms with van der Waals surface area (Å²) in [5, 5.41) is 24.8. The van der Waals surface area contributed by atoms with Crippen LogP contribution in [0.25, 0.3) is 27.8 Å². The van der Waals surface area contributed by atoms with Gasteiger partial charge in [0, 0.05) is 34.9 Å². The highest BCUT2D eigenvalue weighted by Crippen LogP contribution is 2.30. The van der Waals surface area contributed by atoms with Crippen LogP contribution in [-0.2, 0) is 6.54 Å². The number of carbonyl (C=O) groups excluding carboxylic acids is 1. The van der Waals surface area contributed by atoms with Gasteiger partial charge in [0.05, 0.1) is 17.7 Å². The average molecular weight is 609 g/mol. The number of amides is 1. The number of rotatable bonds is 14. The number of benzene rings is 4. The van der Waals surface area contributed by atoms with Gasteiger partial charge in [-0.3, -0.25) is 4.79 Å². The predicted molar refractivity (Wildman–Crippen MR) is 172 cm³/mol. The number of nitrogens with one attached hydrogen (secondary N) is 1. The lowest BCUT2D eigenvalue weighted by atomic mass is 10.1. The van der Waals surface area contributed by atoms with Gasteiger partial charge in [-0.2, -0.15) is 0 Å². The smallest absolute Gasteiger partial charge is 0.353 e. The molecule has 0 bridgehead atoms. The zero-order valence-electron chi connectivity index (χ0n) is 24.5. The van der Waals surface area contributed by atoms with E-state index in [0.717, 1.165) is 16.5 Å². The minimum absolute atomic E-state index is 0.0555. The van der Waals surface area contributed by atoms with Crippen LogP contribution >= 0.6 is 0 Å². The molecule has 0 unspecified atom stereocenters. The first kappa shape index (κ1) is 31.0. The molecule has 8 nitrogen and oxygen atoms in total. The molecule has 1 aromatic heterocycles. The van der Waals surface area contributed by atoms with Crippen LogP contribution in [0, 0.1) is 5.82 Å². The topological polar surface area (TPSA) is 118 Å². The summed E-state index contributed by atoms with van der Waals surface area (Å²) in [6.07, 6.45) is 6.03. The van der Waals surface area contributed by atoms with Crippen molar-refractivity contribution in [2.75, 3.05) is 13.2 Å². The molecular formula is C36H33FN2O6. The number of aromatic carboxylic acids is 2. The number of nitrogens with zero attached hydrogens (tertiary/aromatic N) is 1. The lowest BCUT2D eigenvalue weighted by Crippen LogP contribution is -2.26. The second-order valence-corrected chi connectivity index (χ2v) is 10.6. The Morgan fingerprint density at radius 1 is 0.822 bits per heavy atom. The van der Waals surface area contributed by atoms with Gasteiger partial charge in [-0.05, 0) is 67.5 Å². The third-order valence-electron chi connectivity index (χ3n) is 7.57.